The van der Waals surface area contributed by atoms with Crippen molar-refractivity contribution in [1.82, 2.24) is 9.78 Å². The first-order valence-electron chi connectivity index (χ1n) is 4.39. The van der Waals surface area contributed by atoms with Gasteiger partial charge in [0.2, 0.25) is 0 Å². The van der Waals surface area contributed by atoms with Gasteiger partial charge in [0, 0.05) is 24.2 Å². The summed E-state index contributed by atoms with van der Waals surface area (Å²) in [6.45, 7) is 6.69. The fraction of sp³-hybridized carbons (Fsp3) is 0.667. The van der Waals surface area contributed by atoms with Crippen molar-refractivity contribution < 1.29 is 4.84 Å². The number of hydrogen-bond donors (Lipinski definition) is 1. The molecule has 2 N–H and O–H groups in total. The van der Waals surface area contributed by atoms with Crippen molar-refractivity contribution in [2.45, 2.75) is 26.7 Å². The smallest absolute Gasteiger partial charge is 0.0746 e. The molecule has 1 unspecified atom stereocenters. The Morgan fingerprint density at radius 3 is 2.54 bits per heavy atom. The van der Waals surface area contributed by atoms with Crippen LogP contribution in [0.1, 0.15) is 29.8 Å². The molecule has 1 aromatic rings. The maximum absolute atomic E-state index is 5.05. The van der Waals surface area contributed by atoms with Gasteiger partial charge in [0.05, 0.1) is 12.3 Å². The molecule has 0 saturated carbocycles. The van der Waals surface area contributed by atoms with E-state index in [4.69, 9.17) is 5.90 Å². The summed E-state index contributed by atoms with van der Waals surface area (Å²) in [5, 5.41) is 4.33. The summed E-state index contributed by atoms with van der Waals surface area (Å²) in [4.78, 5) is 4.64. The normalized spacial score (nSPS) is 13.3. The Hall–Kier alpha value is -0.870. The van der Waals surface area contributed by atoms with Crippen LogP contribution in [0.4, 0.5) is 0 Å². The highest BCUT2D eigenvalue weighted by Crippen LogP contribution is 2.22. The second-order valence-corrected chi connectivity index (χ2v) is 3.44. The lowest BCUT2D eigenvalue weighted by Gasteiger charge is -2.10. The van der Waals surface area contributed by atoms with Crippen molar-refractivity contribution in [1.29, 1.82) is 0 Å². The number of nitrogens with two attached hydrogens (primary N) is 1. The van der Waals surface area contributed by atoms with E-state index in [2.05, 4.69) is 23.8 Å². The van der Waals surface area contributed by atoms with E-state index in [1.807, 2.05) is 18.7 Å². The Labute approximate surface area is 78.6 Å². The summed E-state index contributed by atoms with van der Waals surface area (Å²) in [5.74, 6) is 5.35. The Bertz CT molecular complexity index is 293. The van der Waals surface area contributed by atoms with Gasteiger partial charge in [-0.1, -0.05) is 6.92 Å². The Balaban J connectivity index is 2.98. The lowest BCUT2D eigenvalue weighted by Crippen LogP contribution is -2.10. The van der Waals surface area contributed by atoms with E-state index < -0.39 is 0 Å². The molecular formula is C9H17N3O. The molecule has 0 fully saturated rings. The zero-order chi connectivity index (χ0) is 10.0. The molecule has 1 heterocycles. The number of aromatic nitrogens is 2. The molecule has 13 heavy (non-hydrogen) atoms. The van der Waals surface area contributed by atoms with Gasteiger partial charge in [0.1, 0.15) is 0 Å². The largest absolute Gasteiger partial charge is 0.304 e. The summed E-state index contributed by atoms with van der Waals surface area (Å²) in [6, 6.07) is 0. The highest BCUT2D eigenvalue weighted by atomic mass is 16.6. The van der Waals surface area contributed by atoms with Crippen LogP contribution in [-0.2, 0) is 11.9 Å². The van der Waals surface area contributed by atoms with E-state index in [9.17, 15) is 0 Å². The van der Waals surface area contributed by atoms with Crippen LogP contribution in [0.15, 0.2) is 0 Å². The lowest BCUT2D eigenvalue weighted by atomic mass is 10.0. The molecule has 0 aliphatic carbocycles. The van der Waals surface area contributed by atoms with Gasteiger partial charge in [-0.05, 0) is 13.8 Å². The molecular weight excluding hydrogens is 166 g/mol. The van der Waals surface area contributed by atoms with E-state index in [-0.39, 0.29) is 0 Å². The minimum atomic E-state index is 0.304. The van der Waals surface area contributed by atoms with E-state index in [1.54, 1.807) is 0 Å². The zero-order valence-corrected chi connectivity index (χ0v) is 8.66. The van der Waals surface area contributed by atoms with Crippen molar-refractivity contribution in [2.75, 3.05) is 6.61 Å². The molecule has 74 valence electrons. The summed E-state index contributed by atoms with van der Waals surface area (Å²) in [5.41, 5.74) is 3.49. The predicted molar refractivity (Wildman–Crippen MR) is 51.2 cm³/mol. The number of aryl methyl sites for hydroxylation is 2. The van der Waals surface area contributed by atoms with Gasteiger partial charge in [-0.3, -0.25) is 4.68 Å². The minimum absolute atomic E-state index is 0.304. The van der Waals surface area contributed by atoms with Gasteiger partial charge in [-0.25, -0.2) is 5.90 Å². The molecule has 1 atom stereocenters. The monoisotopic (exact) mass is 183 g/mol. The molecule has 1 rings (SSSR count). The van der Waals surface area contributed by atoms with Crippen LogP contribution < -0.4 is 5.90 Å². The van der Waals surface area contributed by atoms with Crippen molar-refractivity contribution in [3.63, 3.8) is 0 Å². The third kappa shape index (κ3) is 1.89. The Kier molecular flexibility index (Phi) is 3.06. The van der Waals surface area contributed by atoms with Gasteiger partial charge in [-0.2, -0.15) is 5.10 Å². The summed E-state index contributed by atoms with van der Waals surface area (Å²) < 4.78 is 1.89. The third-order valence-corrected chi connectivity index (χ3v) is 2.40. The molecule has 0 aromatic carbocycles. The molecule has 0 radical (unpaired) electrons. The second-order valence-electron chi connectivity index (χ2n) is 3.44. The molecule has 0 aliphatic rings. The molecule has 0 saturated heterocycles. The standard InChI is InChI=1S/C9H17N3O/c1-6(5-13-10)9-7(2)11-12(4)8(9)3/h6H,5,10H2,1-4H3. The first-order chi connectivity index (χ1) is 6.07. The SMILES string of the molecule is Cc1nn(C)c(C)c1C(C)CON. The fourth-order valence-electron chi connectivity index (χ4n) is 1.73. The predicted octanol–water partition coefficient (Wildman–Crippen LogP) is 1.03. The highest BCUT2D eigenvalue weighted by Gasteiger charge is 2.15. The molecule has 0 bridgehead atoms. The van der Waals surface area contributed by atoms with Crippen LogP contribution in [-0.4, -0.2) is 16.4 Å². The van der Waals surface area contributed by atoms with Gasteiger partial charge < -0.3 is 4.84 Å². The maximum Gasteiger partial charge on any atom is 0.0746 e. The number of rotatable bonds is 3. The summed E-state index contributed by atoms with van der Waals surface area (Å²) in [6.07, 6.45) is 0. The van der Waals surface area contributed by atoms with Crippen molar-refractivity contribution in [3.05, 3.63) is 17.0 Å². The van der Waals surface area contributed by atoms with Crippen LogP contribution in [0.3, 0.4) is 0 Å². The van der Waals surface area contributed by atoms with E-state index >= 15 is 0 Å². The third-order valence-electron chi connectivity index (χ3n) is 2.40. The van der Waals surface area contributed by atoms with Crippen molar-refractivity contribution >= 4 is 0 Å². The van der Waals surface area contributed by atoms with Crippen LogP contribution >= 0.6 is 0 Å². The molecule has 0 amide bonds. The number of nitrogens with zero attached hydrogens (tertiary/aromatic N) is 2. The quantitative estimate of drug-likeness (QED) is 0.712. The summed E-state index contributed by atoms with van der Waals surface area (Å²) >= 11 is 0. The highest BCUT2D eigenvalue weighted by molar-refractivity contribution is 5.28. The van der Waals surface area contributed by atoms with Gasteiger partial charge >= 0.3 is 0 Å². The Morgan fingerprint density at radius 2 is 2.15 bits per heavy atom. The molecule has 0 aliphatic heterocycles. The summed E-state index contributed by atoms with van der Waals surface area (Å²) in [7, 11) is 1.95. The molecule has 4 heteroatoms. The molecule has 0 spiro atoms. The van der Waals surface area contributed by atoms with Crippen LogP contribution in [0, 0.1) is 13.8 Å². The van der Waals surface area contributed by atoms with Gasteiger partial charge in [0.25, 0.3) is 0 Å². The first-order valence-corrected chi connectivity index (χ1v) is 4.39. The fourth-order valence-corrected chi connectivity index (χ4v) is 1.73. The topological polar surface area (TPSA) is 53.1 Å². The number of hydrogen-bond acceptors (Lipinski definition) is 3. The van der Waals surface area contributed by atoms with Gasteiger partial charge in [0.15, 0.2) is 0 Å². The van der Waals surface area contributed by atoms with Gasteiger partial charge in [-0.15, -0.1) is 0 Å². The van der Waals surface area contributed by atoms with Crippen molar-refractivity contribution in [2.24, 2.45) is 12.9 Å². The molecule has 4 nitrogen and oxygen atoms in total. The van der Waals surface area contributed by atoms with Crippen LogP contribution in [0.2, 0.25) is 0 Å². The average molecular weight is 183 g/mol. The molecule has 1 aromatic heterocycles. The average Bonchev–Trinajstić information content (AvgIpc) is 2.27. The minimum Gasteiger partial charge on any atom is -0.304 e. The second kappa shape index (κ2) is 3.89. The van der Waals surface area contributed by atoms with E-state index in [0.717, 1.165) is 5.69 Å². The maximum atomic E-state index is 5.05. The van der Waals surface area contributed by atoms with Crippen LogP contribution in [0.5, 0.6) is 0 Å². The first kappa shape index (κ1) is 10.2. The zero-order valence-electron chi connectivity index (χ0n) is 8.66. The van der Waals surface area contributed by atoms with Crippen LogP contribution in [0.25, 0.3) is 0 Å². The Morgan fingerprint density at radius 1 is 1.54 bits per heavy atom. The van der Waals surface area contributed by atoms with Crippen molar-refractivity contribution in [3.8, 4) is 0 Å². The van der Waals surface area contributed by atoms with E-state index in [1.165, 1.54) is 11.3 Å². The van der Waals surface area contributed by atoms with E-state index in [0.29, 0.717) is 12.5 Å². The lowest BCUT2D eigenvalue weighted by molar-refractivity contribution is 0.126.